The molecule has 6 heteroatoms. The molecule has 2 aromatic heterocycles. The second-order valence-electron chi connectivity index (χ2n) is 4.96. The van der Waals surface area contributed by atoms with Crippen molar-refractivity contribution in [2.24, 2.45) is 5.92 Å². The lowest BCUT2D eigenvalue weighted by atomic mass is 9.84. The highest BCUT2D eigenvalue weighted by atomic mass is 79.9. The highest BCUT2D eigenvalue weighted by molar-refractivity contribution is 9.10. The Labute approximate surface area is 124 Å². The molecule has 102 valence electrons. The Kier molecular flexibility index (Phi) is 4.00. The maximum Gasteiger partial charge on any atom is 0.227 e. The molecule has 1 aliphatic rings. The van der Waals surface area contributed by atoms with Gasteiger partial charge in [-0.15, -0.1) is 11.3 Å². The van der Waals surface area contributed by atoms with Crippen LogP contribution in [0.5, 0.6) is 0 Å². The summed E-state index contributed by atoms with van der Waals surface area (Å²) in [6.07, 6.45) is 4.70. The van der Waals surface area contributed by atoms with Crippen LogP contribution in [-0.2, 0) is 6.42 Å². The summed E-state index contributed by atoms with van der Waals surface area (Å²) < 4.78 is 6.33. The maximum absolute atomic E-state index is 9.96. The van der Waals surface area contributed by atoms with Crippen molar-refractivity contribution in [2.75, 3.05) is 0 Å². The number of hydrogen-bond donors (Lipinski definition) is 1. The van der Waals surface area contributed by atoms with Crippen molar-refractivity contribution >= 4 is 27.3 Å². The average molecular weight is 343 g/mol. The third kappa shape index (κ3) is 3.07. The van der Waals surface area contributed by atoms with Crippen molar-refractivity contribution in [1.29, 1.82) is 0 Å². The first-order valence-electron chi connectivity index (χ1n) is 6.47. The molecule has 2 atom stereocenters. The Morgan fingerprint density at radius 2 is 2.26 bits per heavy atom. The SMILES string of the molecule is OC1CCCCC1Cc1nc(-c2cc(Br)cs2)no1. The summed E-state index contributed by atoms with van der Waals surface area (Å²) >= 11 is 5.00. The van der Waals surface area contributed by atoms with Gasteiger partial charge in [0.05, 0.1) is 11.0 Å². The molecule has 0 bridgehead atoms. The minimum absolute atomic E-state index is 0.222. The van der Waals surface area contributed by atoms with E-state index >= 15 is 0 Å². The monoisotopic (exact) mass is 342 g/mol. The zero-order valence-electron chi connectivity index (χ0n) is 10.4. The van der Waals surface area contributed by atoms with Gasteiger partial charge in [-0.3, -0.25) is 0 Å². The molecule has 3 rings (SSSR count). The molecule has 2 aromatic rings. The highest BCUT2D eigenvalue weighted by Crippen LogP contribution is 2.30. The molecule has 19 heavy (non-hydrogen) atoms. The molecule has 1 saturated carbocycles. The number of aliphatic hydroxyl groups is 1. The van der Waals surface area contributed by atoms with Gasteiger partial charge >= 0.3 is 0 Å². The first kappa shape index (κ1) is 13.3. The minimum Gasteiger partial charge on any atom is -0.393 e. The summed E-state index contributed by atoms with van der Waals surface area (Å²) in [4.78, 5) is 5.41. The van der Waals surface area contributed by atoms with E-state index < -0.39 is 0 Å². The molecular weight excluding hydrogens is 328 g/mol. The number of rotatable bonds is 3. The molecule has 0 aliphatic heterocycles. The van der Waals surface area contributed by atoms with Gasteiger partial charge in [-0.25, -0.2) is 0 Å². The zero-order chi connectivity index (χ0) is 13.2. The van der Waals surface area contributed by atoms with Crippen molar-refractivity contribution in [3.63, 3.8) is 0 Å². The van der Waals surface area contributed by atoms with E-state index in [0.29, 0.717) is 18.1 Å². The van der Waals surface area contributed by atoms with Crippen molar-refractivity contribution in [2.45, 2.75) is 38.2 Å². The van der Waals surface area contributed by atoms with Crippen LogP contribution >= 0.6 is 27.3 Å². The van der Waals surface area contributed by atoms with Crippen LogP contribution in [0.1, 0.15) is 31.6 Å². The topological polar surface area (TPSA) is 59.2 Å². The van der Waals surface area contributed by atoms with Crippen LogP contribution in [0.4, 0.5) is 0 Å². The summed E-state index contributed by atoms with van der Waals surface area (Å²) in [6, 6.07) is 1.98. The Balaban J connectivity index is 1.71. The van der Waals surface area contributed by atoms with Crippen LogP contribution in [0.3, 0.4) is 0 Å². The van der Waals surface area contributed by atoms with Crippen LogP contribution in [0.25, 0.3) is 10.7 Å². The first-order valence-corrected chi connectivity index (χ1v) is 8.14. The predicted octanol–water partition coefficient (Wildman–Crippen LogP) is 3.65. The lowest BCUT2D eigenvalue weighted by molar-refractivity contribution is 0.0657. The summed E-state index contributed by atoms with van der Waals surface area (Å²) in [5.41, 5.74) is 0. The van der Waals surface area contributed by atoms with Gasteiger partial charge in [0.2, 0.25) is 11.7 Å². The fraction of sp³-hybridized carbons (Fsp3) is 0.538. The molecular formula is C13H15BrN2O2S. The number of aromatic nitrogens is 2. The van der Waals surface area contributed by atoms with E-state index in [0.717, 1.165) is 28.6 Å². The summed E-state index contributed by atoms with van der Waals surface area (Å²) in [6.45, 7) is 0. The van der Waals surface area contributed by atoms with Gasteiger partial charge < -0.3 is 9.63 Å². The van der Waals surface area contributed by atoms with E-state index in [1.807, 2.05) is 11.4 Å². The van der Waals surface area contributed by atoms with Gasteiger partial charge in [0.25, 0.3) is 0 Å². The van der Waals surface area contributed by atoms with E-state index in [-0.39, 0.29) is 12.0 Å². The van der Waals surface area contributed by atoms with Gasteiger partial charge in [-0.05, 0) is 40.8 Å². The van der Waals surface area contributed by atoms with E-state index in [2.05, 4.69) is 26.1 Å². The third-order valence-corrected chi connectivity index (χ3v) is 5.25. The van der Waals surface area contributed by atoms with Gasteiger partial charge in [0, 0.05) is 16.3 Å². The largest absolute Gasteiger partial charge is 0.393 e. The number of halogens is 1. The standard InChI is InChI=1S/C13H15BrN2O2S/c14-9-6-11(19-7-9)13-15-12(18-16-13)5-8-3-1-2-4-10(8)17/h6-8,10,17H,1-5H2. The Bertz CT molecular complexity index is 554. The second-order valence-corrected chi connectivity index (χ2v) is 6.78. The number of hydrogen-bond acceptors (Lipinski definition) is 5. The van der Waals surface area contributed by atoms with Crippen molar-refractivity contribution < 1.29 is 9.63 Å². The van der Waals surface area contributed by atoms with Crippen molar-refractivity contribution in [1.82, 2.24) is 10.1 Å². The normalized spacial score (nSPS) is 23.7. The summed E-state index contributed by atoms with van der Waals surface area (Å²) in [7, 11) is 0. The molecule has 1 N–H and O–H groups in total. The molecule has 0 spiro atoms. The molecule has 1 fully saturated rings. The molecule has 4 nitrogen and oxygen atoms in total. The van der Waals surface area contributed by atoms with Crippen LogP contribution in [0.15, 0.2) is 20.4 Å². The Morgan fingerprint density at radius 1 is 1.42 bits per heavy atom. The van der Waals surface area contributed by atoms with E-state index in [1.165, 1.54) is 6.42 Å². The van der Waals surface area contributed by atoms with Gasteiger partial charge in [0.1, 0.15) is 0 Å². The molecule has 0 saturated heterocycles. The zero-order valence-corrected chi connectivity index (χ0v) is 12.8. The van der Waals surface area contributed by atoms with Crippen LogP contribution in [0.2, 0.25) is 0 Å². The number of nitrogens with zero attached hydrogens (tertiary/aromatic N) is 2. The Morgan fingerprint density at radius 3 is 3.00 bits per heavy atom. The number of thiophene rings is 1. The average Bonchev–Trinajstić information content (AvgIpc) is 3.01. The molecule has 2 unspecified atom stereocenters. The highest BCUT2D eigenvalue weighted by Gasteiger charge is 2.25. The van der Waals surface area contributed by atoms with Crippen LogP contribution in [0, 0.1) is 5.92 Å². The predicted molar refractivity (Wildman–Crippen MR) is 77.0 cm³/mol. The summed E-state index contributed by atoms with van der Waals surface area (Å²) in [5, 5.41) is 16.0. The van der Waals surface area contributed by atoms with Crippen LogP contribution in [-0.4, -0.2) is 21.4 Å². The van der Waals surface area contributed by atoms with Crippen LogP contribution < -0.4 is 0 Å². The van der Waals surface area contributed by atoms with Gasteiger partial charge in [-0.2, -0.15) is 4.98 Å². The fourth-order valence-corrected chi connectivity index (χ4v) is 3.87. The van der Waals surface area contributed by atoms with Gasteiger partial charge in [0.15, 0.2) is 0 Å². The van der Waals surface area contributed by atoms with Crippen molar-refractivity contribution in [3.8, 4) is 10.7 Å². The fourth-order valence-electron chi connectivity index (χ4n) is 2.52. The molecule has 2 heterocycles. The maximum atomic E-state index is 9.96. The van der Waals surface area contributed by atoms with E-state index in [4.69, 9.17) is 4.52 Å². The molecule has 1 aliphatic carbocycles. The molecule has 0 aromatic carbocycles. The minimum atomic E-state index is -0.222. The quantitative estimate of drug-likeness (QED) is 0.924. The molecule has 0 amide bonds. The van der Waals surface area contributed by atoms with Crippen molar-refractivity contribution in [3.05, 3.63) is 21.8 Å². The lowest BCUT2D eigenvalue weighted by Crippen LogP contribution is -2.26. The first-order chi connectivity index (χ1) is 9.22. The summed E-state index contributed by atoms with van der Waals surface area (Å²) in [5.74, 6) is 1.53. The van der Waals surface area contributed by atoms with E-state index in [9.17, 15) is 5.11 Å². The Hall–Kier alpha value is -0.720. The van der Waals surface area contributed by atoms with E-state index in [1.54, 1.807) is 11.3 Å². The lowest BCUT2D eigenvalue weighted by Gasteiger charge is -2.26. The third-order valence-electron chi connectivity index (χ3n) is 3.56. The second kappa shape index (κ2) is 5.73. The number of aliphatic hydroxyl groups excluding tert-OH is 1. The smallest absolute Gasteiger partial charge is 0.227 e. The van der Waals surface area contributed by atoms with Gasteiger partial charge in [-0.1, -0.05) is 18.0 Å². The molecule has 0 radical (unpaired) electrons.